The zero-order valence-corrected chi connectivity index (χ0v) is 16.0. The molecule has 6 heteroatoms. The van der Waals surface area contributed by atoms with Gasteiger partial charge in [-0.05, 0) is 43.3 Å². The van der Waals surface area contributed by atoms with E-state index in [4.69, 9.17) is 14.5 Å². The highest BCUT2D eigenvalue weighted by molar-refractivity contribution is 8.00. The highest BCUT2D eigenvalue weighted by Gasteiger charge is 2.20. The Balaban J connectivity index is 1.83. The molecule has 136 valence electrons. The second kappa shape index (κ2) is 8.38. The summed E-state index contributed by atoms with van der Waals surface area (Å²) in [6, 6.07) is 15.2. The van der Waals surface area contributed by atoms with Crippen molar-refractivity contribution in [3.63, 3.8) is 0 Å². The van der Waals surface area contributed by atoms with Crippen LogP contribution < -0.4 is 4.74 Å². The molecule has 0 radical (unpaired) electrons. The molecule has 3 rings (SSSR count). The van der Waals surface area contributed by atoms with Crippen LogP contribution in [0.2, 0.25) is 0 Å². The van der Waals surface area contributed by atoms with Crippen molar-refractivity contribution >= 4 is 28.6 Å². The number of carbonyl (C=O) groups is 1. The molecule has 0 aliphatic rings. The lowest BCUT2D eigenvalue weighted by atomic mass is 10.1. The lowest BCUT2D eigenvalue weighted by Gasteiger charge is -2.12. The fourth-order valence-corrected chi connectivity index (χ4v) is 3.77. The van der Waals surface area contributed by atoms with Crippen molar-refractivity contribution in [2.75, 3.05) is 20.8 Å². The van der Waals surface area contributed by atoms with Crippen molar-refractivity contribution < 1.29 is 14.3 Å². The van der Waals surface area contributed by atoms with Gasteiger partial charge in [0.15, 0.2) is 10.9 Å². The van der Waals surface area contributed by atoms with E-state index in [-0.39, 0.29) is 11.0 Å². The minimum atomic E-state index is -0.249. The molecule has 0 aliphatic carbocycles. The average molecular weight is 370 g/mol. The molecule has 0 N–H and O–H groups in total. The fourth-order valence-electron chi connectivity index (χ4n) is 2.74. The predicted octanol–water partition coefficient (Wildman–Crippen LogP) is 4.05. The van der Waals surface area contributed by atoms with E-state index < -0.39 is 0 Å². The minimum absolute atomic E-state index is 0.0722. The van der Waals surface area contributed by atoms with E-state index in [0.29, 0.717) is 18.7 Å². The first kappa shape index (κ1) is 18.5. The SMILES string of the molecule is COCCn1c(S[C@H](C)C(=O)c2ccc(OC)cc2)nc2ccccc21. The molecule has 0 amide bonds. The number of Topliss-reactive ketones (excluding diaryl/α,β-unsaturated/α-hetero) is 1. The molecule has 1 heterocycles. The first-order chi connectivity index (χ1) is 12.6. The lowest BCUT2D eigenvalue weighted by molar-refractivity contribution is 0.0994. The fraction of sp³-hybridized carbons (Fsp3) is 0.300. The number of ether oxygens (including phenoxy) is 2. The summed E-state index contributed by atoms with van der Waals surface area (Å²) >= 11 is 1.47. The van der Waals surface area contributed by atoms with Gasteiger partial charge in [-0.2, -0.15) is 0 Å². The monoisotopic (exact) mass is 370 g/mol. The third-order valence-electron chi connectivity index (χ3n) is 4.16. The number of para-hydroxylation sites is 2. The highest BCUT2D eigenvalue weighted by Crippen LogP contribution is 2.29. The number of benzene rings is 2. The van der Waals surface area contributed by atoms with Crippen molar-refractivity contribution in [3.8, 4) is 5.75 Å². The Hall–Kier alpha value is -2.31. The smallest absolute Gasteiger partial charge is 0.175 e. The van der Waals surface area contributed by atoms with Gasteiger partial charge in [0.25, 0.3) is 0 Å². The predicted molar refractivity (Wildman–Crippen MR) is 104 cm³/mol. The molecule has 0 spiro atoms. The summed E-state index contributed by atoms with van der Waals surface area (Å²) in [6.45, 7) is 3.20. The number of methoxy groups -OCH3 is 2. The molecule has 1 aromatic heterocycles. The van der Waals surface area contributed by atoms with Crippen LogP contribution in [0.25, 0.3) is 11.0 Å². The zero-order valence-electron chi connectivity index (χ0n) is 15.1. The van der Waals surface area contributed by atoms with Crippen molar-refractivity contribution in [3.05, 3.63) is 54.1 Å². The summed E-state index contributed by atoms with van der Waals surface area (Å²) in [6.07, 6.45) is 0. The van der Waals surface area contributed by atoms with E-state index in [1.165, 1.54) is 11.8 Å². The highest BCUT2D eigenvalue weighted by atomic mass is 32.2. The maximum absolute atomic E-state index is 12.8. The molecule has 0 saturated carbocycles. The van der Waals surface area contributed by atoms with Crippen molar-refractivity contribution in [1.82, 2.24) is 9.55 Å². The number of hydrogen-bond donors (Lipinski definition) is 0. The standard InChI is InChI=1S/C20H22N2O3S/c1-14(19(23)15-8-10-16(25-3)11-9-15)26-20-21-17-6-4-5-7-18(17)22(20)12-13-24-2/h4-11,14H,12-13H2,1-3H3/t14-/m1/s1. The molecule has 5 nitrogen and oxygen atoms in total. The van der Waals surface area contributed by atoms with Gasteiger partial charge in [-0.1, -0.05) is 23.9 Å². The number of aromatic nitrogens is 2. The van der Waals surface area contributed by atoms with Gasteiger partial charge in [-0.15, -0.1) is 0 Å². The summed E-state index contributed by atoms with van der Waals surface area (Å²) in [5.74, 6) is 0.811. The first-order valence-electron chi connectivity index (χ1n) is 8.43. The van der Waals surface area contributed by atoms with Gasteiger partial charge in [0.05, 0.1) is 30.0 Å². The molecule has 3 aromatic rings. The number of hydrogen-bond acceptors (Lipinski definition) is 5. The first-order valence-corrected chi connectivity index (χ1v) is 9.31. The summed E-state index contributed by atoms with van der Waals surface area (Å²) < 4.78 is 12.5. The molecule has 0 fully saturated rings. The van der Waals surface area contributed by atoms with Crippen molar-refractivity contribution in [2.45, 2.75) is 23.9 Å². The molecule has 0 aliphatic heterocycles. The van der Waals surface area contributed by atoms with Crippen LogP contribution in [-0.4, -0.2) is 41.4 Å². The van der Waals surface area contributed by atoms with Gasteiger partial charge in [0.2, 0.25) is 0 Å². The number of fused-ring (bicyclic) bond motifs is 1. The molecule has 0 unspecified atom stereocenters. The molecular formula is C20H22N2O3S. The van der Waals surface area contributed by atoms with E-state index >= 15 is 0 Å². The van der Waals surface area contributed by atoms with Gasteiger partial charge in [0.1, 0.15) is 5.75 Å². The van der Waals surface area contributed by atoms with Crippen molar-refractivity contribution in [2.24, 2.45) is 0 Å². The molecular weight excluding hydrogens is 348 g/mol. The maximum atomic E-state index is 12.8. The maximum Gasteiger partial charge on any atom is 0.175 e. The lowest BCUT2D eigenvalue weighted by Crippen LogP contribution is -2.15. The number of rotatable bonds is 8. The van der Waals surface area contributed by atoms with Crippen LogP contribution in [0.3, 0.4) is 0 Å². The zero-order chi connectivity index (χ0) is 18.5. The van der Waals surface area contributed by atoms with E-state index in [1.807, 2.05) is 31.2 Å². The average Bonchev–Trinajstić information content (AvgIpc) is 3.02. The molecule has 1 atom stereocenters. The molecule has 0 bridgehead atoms. The number of ketones is 1. The van der Waals surface area contributed by atoms with E-state index in [9.17, 15) is 4.79 Å². The van der Waals surface area contributed by atoms with Gasteiger partial charge < -0.3 is 14.0 Å². The number of imidazole rings is 1. The van der Waals surface area contributed by atoms with Crippen molar-refractivity contribution in [1.29, 1.82) is 0 Å². The third kappa shape index (κ3) is 3.92. The van der Waals surface area contributed by atoms with Crippen LogP contribution in [0.5, 0.6) is 5.75 Å². The van der Waals surface area contributed by atoms with E-state index in [2.05, 4.69) is 4.57 Å². The van der Waals surface area contributed by atoms with Gasteiger partial charge in [0, 0.05) is 19.2 Å². The Morgan fingerprint density at radius 1 is 1.15 bits per heavy atom. The Morgan fingerprint density at radius 2 is 1.88 bits per heavy atom. The Kier molecular flexibility index (Phi) is 5.96. The van der Waals surface area contributed by atoms with Crippen LogP contribution in [0.1, 0.15) is 17.3 Å². The molecule has 0 saturated heterocycles. The van der Waals surface area contributed by atoms with E-state index in [0.717, 1.165) is 21.9 Å². The molecule has 26 heavy (non-hydrogen) atoms. The Morgan fingerprint density at radius 3 is 2.58 bits per heavy atom. The quantitative estimate of drug-likeness (QED) is 0.442. The minimum Gasteiger partial charge on any atom is -0.497 e. The van der Waals surface area contributed by atoms with Crippen LogP contribution in [-0.2, 0) is 11.3 Å². The van der Waals surface area contributed by atoms with Crippen LogP contribution in [0.15, 0.2) is 53.7 Å². The topological polar surface area (TPSA) is 53.4 Å². The summed E-state index contributed by atoms with van der Waals surface area (Å²) in [4.78, 5) is 17.5. The number of thioether (sulfide) groups is 1. The largest absolute Gasteiger partial charge is 0.497 e. The van der Waals surface area contributed by atoms with Gasteiger partial charge in [-0.3, -0.25) is 4.79 Å². The molecule has 2 aromatic carbocycles. The summed E-state index contributed by atoms with van der Waals surface area (Å²) in [5.41, 5.74) is 2.65. The van der Waals surface area contributed by atoms with Crippen LogP contribution in [0, 0.1) is 0 Å². The second-order valence-electron chi connectivity index (χ2n) is 5.88. The summed E-state index contributed by atoms with van der Waals surface area (Å²) in [5, 5.41) is 0.583. The van der Waals surface area contributed by atoms with Crippen LogP contribution in [0.4, 0.5) is 0 Å². The van der Waals surface area contributed by atoms with E-state index in [1.54, 1.807) is 38.5 Å². The van der Waals surface area contributed by atoms with Gasteiger partial charge in [-0.25, -0.2) is 4.98 Å². The number of carbonyl (C=O) groups excluding carboxylic acids is 1. The van der Waals surface area contributed by atoms with Crippen LogP contribution >= 0.6 is 11.8 Å². The Bertz CT molecular complexity index is 890. The normalized spacial score (nSPS) is 12.3. The second-order valence-corrected chi connectivity index (χ2v) is 7.19. The summed E-state index contributed by atoms with van der Waals surface area (Å²) in [7, 11) is 3.29. The third-order valence-corrected chi connectivity index (χ3v) is 5.25. The number of nitrogens with zero attached hydrogens (tertiary/aromatic N) is 2. The Labute approximate surface area is 157 Å². The van der Waals surface area contributed by atoms with Gasteiger partial charge >= 0.3 is 0 Å².